The van der Waals surface area contributed by atoms with Gasteiger partial charge in [0.15, 0.2) is 46.5 Å². The highest BCUT2D eigenvalue weighted by molar-refractivity contribution is 6.09. The zero-order valence-corrected chi connectivity index (χ0v) is 18.2. The highest BCUT2D eigenvalue weighted by Crippen LogP contribution is 2.48. The van der Waals surface area contributed by atoms with Crippen LogP contribution in [0.25, 0.3) is 32.7 Å². The Morgan fingerprint density at radius 3 is 1.38 bits per heavy atom. The number of hydrogen-bond acceptors (Lipinski definition) is 1. The number of hydrogen-bond donors (Lipinski definition) is 0. The van der Waals surface area contributed by atoms with Gasteiger partial charge >= 0.3 is 0 Å². The zero-order chi connectivity index (χ0) is 25.3. The third kappa shape index (κ3) is 3.20. The molecule has 4 aromatic carbocycles. The molecule has 1 nitrogen and oxygen atoms in total. The minimum absolute atomic E-state index is 0.166. The van der Waals surface area contributed by atoms with E-state index in [1.165, 1.54) is 6.07 Å². The first kappa shape index (κ1) is 23.8. The van der Waals surface area contributed by atoms with Crippen molar-refractivity contribution in [2.24, 2.45) is 0 Å². The van der Waals surface area contributed by atoms with Crippen LogP contribution in [0.5, 0.6) is 5.75 Å². The molecule has 0 aliphatic heterocycles. The van der Waals surface area contributed by atoms with E-state index in [2.05, 4.69) is 0 Å². The van der Waals surface area contributed by atoms with Gasteiger partial charge in [0.1, 0.15) is 5.75 Å². The molecule has 9 heteroatoms. The number of benzene rings is 4. The van der Waals surface area contributed by atoms with Crippen molar-refractivity contribution in [3.8, 4) is 16.9 Å². The Hall–Kier alpha value is -3.36. The highest BCUT2D eigenvalue weighted by atomic mass is 19.2. The molecule has 0 atom stereocenters. The van der Waals surface area contributed by atoms with Crippen LogP contribution in [-0.2, 0) is 5.41 Å². The molecule has 0 saturated carbocycles. The molecule has 0 unspecified atom stereocenters. The topological polar surface area (TPSA) is 9.23 Å². The van der Waals surface area contributed by atoms with Gasteiger partial charge < -0.3 is 4.74 Å². The van der Waals surface area contributed by atoms with Crippen molar-refractivity contribution in [1.82, 2.24) is 0 Å². The lowest BCUT2D eigenvalue weighted by Crippen LogP contribution is -2.15. The van der Waals surface area contributed by atoms with Crippen molar-refractivity contribution >= 4 is 21.5 Å². The second-order valence-corrected chi connectivity index (χ2v) is 8.74. The summed E-state index contributed by atoms with van der Waals surface area (Å²) in [5, 5.41) is -3.04. The molecule has 34 heavy (non-hydrogen) atoms. The predicted octanol–water partition coefficient (Wildman–Crippen LogP) is 8.08. The van der Waals surface area contributed by atoms with Crippen molar-refractivity contribution in [1.29, 1.82) is 0 Å². The summed E-state index contributed by atoms with van der Waals surface area (Å²) < 4.78 is 121. The minimum Gasteiger partial charge on any atom is -0.496 e. The number of ether oxygens (including phenoxy) is 1. The van der Waals surface area contributed by atoms with Crippen LogP contribution in [0, 0.1) is 46.5 Å². The van der Waals surface area contributed by atoms with Gasteiger partial charge in [-0.05, 0) is 23.1 Å². The number of fused-ring (bicyclic) bond motifs is 2. The molecule has 0 saturated heterocycles. The molecule has 0 aromatic heterocycles. The molecule has 0 fully saturated rings. The average Bonchev–Trinajstić information content (AvgIpc) is 2.80. The van der Waals surface area contributed by atoms with Crippen LogP contribution >= 0.6 is 0 Å². The summed E-state index contributed by atoms with van der Waals surface area (Å²) in [4.78, 5) is 0. The van der Waals surface area contributed by atoms with Crippen molar-refractivity contribution in [3.05, 3.63) is 76.4 Å². The first-order chi connectivity index (χ1) is 15.8. The molecule has 0 bridgehead atoms. The zero-order valence-electron chi connectivity index (χ0n) is 18.2. The molecule has 0 heterocycles. The highest BCUT2D eigenvalue weighted by Gasteiger charge is 2.32. The molecule has 0 N–H and O–H groups in total. The van der Waals surface area contributed by atoms with Gasteiger partial charge in [-0.15, -0.1) is 0 Å². The largest absolute Gasteiger partial charge is 0.496 e. The van der Waals surface area contributed by atoms with Crippen molar-refractivity contribution in [3.63, 3.8) is 0 Å². The molecule has 0 radical (unpaired) electrons. The number of rotatable bonds is 2. The van der Waals surface area contributed by atoms with Gasteiger partial charge in [-0.25, -0.2) is 35.1 Å². The van der Waals surface area contributed by atoms with Crippen LogP contribution in [0.3, 0.4) is 0 Å². The normalized spacial score (nSPS) is 12.1. The van der Waals surface area contributed by atoms with E-state index in [9.17, 15) is 26.3 Å². The molecular formula is C25H16F8O. The third-order valence-electron chi connectivity index (χ3n) is 5.72. The van der Waals surface area contributed by atoms with Gasteiger partial charge in [-0.1, -0.05) is 32.9 Å². The predicted molar refractivity (Wildman–Crippen MR) is 112 cm³/mol. The van der Waals surface area contributed by atoms with Crippen molar-refractivity contribution < 1.29 is 39.9 Å². The van der Waals surface area contributed by atoms with Gasteiger partial charge in [-0.2, -0.15) is 0 Å². The summed E-state index contributed by atoms with van der Waals surface area (Å²) in [5.41, 5.74) is -1.60. The maximum absolute atomic E-state index is 15.2. The van der Waals surface area contributed by atoms with E-state index >= 15 is 8.78 Å². The van der Waals surface area contributed by atoms with Gasteiger partial charge in [0.05, 0.1) is 7.11 Å². The summed E-state index contributed by atoms with van der Waals surface area (Å²) in [6, 6.07) is 4.33. The van der Waals surface area contributed by atoms with Gasteiger partial charge in [-0.3, -0.25) is 0 Å². The lowest BCUT2D eigenvalue weighted by atomic mass is 9.78. The van der Waals surface area contributed by atoms with Crippen LogP contribution in [0.4, 0.5) is 35.1 Å². The van der Waals surface area contributed by atoms with Crippen LogP contribution in [0.2, 0.25) is 0 Å². The van der Waals surface area contributed by atoms with E-state index < -0.39 is 79.1 Å². The molecule has 4 rings (SSSR count). The van der Waals surface area contributed by atoms with Crippen molar-refractivity contribution in [2.45, 2.75) is 26.2 Å². The Labute approximate surface area is 188 Å². The maximum Gasteiger partial charge on any atom is 0.198 e. The van der Waals surface area contributed by atoms with E-state index in [4.69, 9.17) is 4.74 Å². The molecule has 0 aliphatic rings. The van der Waals surface area contributed by atoms with E-state index in [0.29, 0.717) is 0 Å². The molecule has 178 valence electrons. The number of halogens is 8. The molecule has 4 aromatic rings. The first-order valence-corrected chi connectivity index (χ1v) is 9.95. The minimum atomic E-state index is -2.14. The Morgan fingerprint density at radius 2 is 0.941 bits per heavy atom. The average molecular weight is 484 g/mol. The molecule has 0 aliphatic carbocycles. The van der Waals surface area contributed by atoms with Crippen LogP contribution in [0.1, 0.15) is 26.3 Å². The second-order valence-electron chi connectivity index (χ2n) is 8.74. The Morgan fingerprint density at radius 1 is 0.529 bits per heavy atom. The van der Waals surface area contributed by atoms with Gasteiger partial charge in [0.2, 0.25) is 0 Å². The number of methoxy groups -OCH3 is 1. The fraction of sp³-hybridized carbons (Fsp3) is 0.200. The summed E-state index contributed by atoms with van der Waals surface area (Å²) in [6.45, 7) is 4.92. The van der Waals surface area contributed by atoms with Crippen molar-refractivity contribution in [2.75, 3.05) is 7.11 Å². The summed E-state index contributed by atoms with van der Waals surface area (Å²) in [5.74, 6) is -15.7. The van der Waals surface area contributed by atoms with E-state index in [1.54, 1.807) is 20.8 Å². The maximum atomic E-state index is 15.2. The summed E-state index contributed by atoms with van der Waals surface area (Å²) in [7, 11) is 1.12. The standard InChI is InChI=1S/C25H16F8O/c1-25(2,3)11-7-5-9-13(19(28)23(32)21(30)17(9)26)15(11)16-12(34-4)8-6-10-14(16)20(29)24(33)22(31)18(10)27/h5-8H,1-4H3. The fourth-order valence-corrected chi connectivity index (χ4v) is 4.15. The van der Waals surface area contributed by atoms with E-state index in [1.807, 2.05) is 0 Å². The van der Waals surface area contributed by atoms with Crippen LogP contribution < -0.4 is 4.74 Å². The second kappa shape index (κ2) is 7.85. The monoisotopic (exact) mass is 484 g/mol. The van der Waals surface area contributed by atoms with Crippen LogP contribution in [0.15, 0.2) is 24.3 Å². The van der Waals surface area contributed by atoms with Gasteiger partial charge in [0, 0.05) is 32.7 Å². The molecular weight excluding hydrogens is 468 g/mol. The lowest BCUT2D eigenvalue weighted by molar-refractivity contribution is 0.412. The Kier molecular flexibility index (Phi) is 5.49. The van der Waals surface area contributed by atoms with Crippen LogP contribution in [-0.4, -0.2) is 7.11 Å². The van der Waals surface area contributed by atoms with E-state index in [-0.39, 0.29) is 16.9 Å². The van der Waals surface area contributed by atoms with E-state index in [0.717, 1.165) is 25.3 Å². The fourth-order valence-electron chi connectivity index (χ4n) is 4.15. The molecule has 0 amide bonds. The third-order valence-corrected chi connectivity index (χ3v) is 5.72. The Balaban J connectivity index is 2.42. The first-order valence-electron chi connectivity index (χ1n) is 9.95. The summed E-state index contributed by atoms with van der Waals surface area (Å²) in [6.07, 6.45) is 0. The SMILES string of the molecule is COc1ccc2c(F)c(F)c(F)c(F)c2c1-c1c(C(C)(C)C)ccc2c(F)c(F)c(F)c(F)c12. The molecule has 0 spiro atoms. The summed E-state index contributed by atoms with van der Waals surface area (Å²) >= 11 is 0. The smallest absolute Gasteiger partial charge is 0.198 e. The lowest BCUT2D eigenvalue weighted by Gasteiger charge is -2.27. The van der Waals surface area contributed by atoms with Gasteiger partial charge in [0.25, 0.3) is 0 Å². The quantitative estimate of drug-likeness (QED) is 0.159. The Bertz CT molecular complexity index is 1500.